The minimum Gasteiger partial charge on any atom is -0.484 e. The summed E-state index contributed by atoms with van der Waals surface area (Å²) in [7, 11) is 0. The maximum atomic E-state index is 13.1. The number of aromatic nitrogens is 1. The van der Waals surface area contributed by atoms with Crippen molar-refractivity contribution in [1.82, 2.24) is 9.88 Å². The molecule has 156 valence electrons. The Morgan fingerprint density at radius 2 is 2.03 bits per heavy atom. The monoisotopic (exact) mass is 426 g/mol. The molecule has 3 rings (SSSR count). The predicted octanol–water partition coefficient (Wildman–Crippen LogP) is 3.51. The number of hydrogen-bond acceptors (Lipinski definition) is 5. The van der Waals surface area contributed by atoms with Gasteiger partial charge in [-0.3, -0.25) is 9.78 Å². The van der Waals surface area contributed by atoms with Crippen molar-refractivity contribution in [2.24, 2.45) is 0 Å². The summed E-state index contributed by atoms with van der Waals surface area (Å²) in [6.45, 7) is 0.867. The van der Waals surface area contributed by atoms with Crippen LogP contribution in [0.3, 0.4) is 0 Å². The summed E-state index contributed by atoms with van der Waals surface area (Å²) in [5.41, 5.74) is 0.0631. The fourth-order valence-electron chi connectivity index (χ4n) is 3.03. The SMILES string of the molecule is O=C(COc1ccc(CO)cc1)N1CCC(SCc2ncccc2C(F)(F)F)C1. The smallest absolute Gasteiger partial charge is 0.418 e. The van der Waals surface area contributed by atoms with Gasteiger partial charge < -0.3 is 14.7 Å². The standard InChI is InChI=1S/C20H21F3N2O3S/c21-20(22,23)17-2-1-8-24-18(17)13-29-16-7-9-25(10-16)19(27)12-28-15-5-3-14(11-26)4-6-15/h1-6,8,16,26H,7,9-13H2. The molecule has 1 amide bonds. The molecule has 1 aliphatic heterocycles. The Hall–Kier alpha value is -2.26. The molecular weight excluding hydrogens is 405 g/mol. The molecule has 1 saturated heterocycles. The molecule has 1 N–H and O–H groups in total. The van der Waals surface area contributed by atoms with Crippen LogP contribution in [0.1, 0.15) is 23.2 Å². The quantitative estimate of drug-likeness (QED) is 0.734. The Morgan fingerprint density at radius 3 is 2.72 bits per heavy atom. The zero-order valence-corrected chi connectivity index (χ0v) is 16.4. The van der Waals surface area contributed by atoms with E-state index in [4.69, 9.17) is 9.84 Å². The van der Waals surface area contributed by atoms with Gasteiger partial charge in [-0.25, -0.2) is 0 Å². The van der Waals surface area contributed by atoms with E-state index < -0.39 is 11.7 Å². The van der Waals surface area contributed by atoms with Gasteiger partial charge in [0.2, 0.25) is 0 Å². The second kappa shape index (κ2) is 9.49. The van der Waals surface area contributed by atoms with Gasteiger partial charge in [-0.15, -0.1) is 0 Å². The minimum atomic E-state index is -4.42. The van der Waals surface area contributed by atoms with Gasteiger partial charge in [-0.1, -0.05) is 12.1 Å². The van der Waals surface area contributed by atoms with Crippen molar-refractivity contribution in [3.63, 3.8) is 0 Å². The van der Waals surface area contributed by atoms with Crippen molar-refractivity contribution < 1.29 is 27.8 Å². The summed E-state index contributed by atoms with van der Waals surface area (Å²) in [5.74, 6) is 0.527. The highest BCUT2D eigenvalue weighted by molar-refractivity contribution is 7.99. The number of ether oxygens (including phenoxy) is 1. The summed E-state index contributed by atoms with van der Waals surface area (Å²) >= 11 is 1.39. The van der Waals surface area contributed by atoms with Crippen molar-refractivity contribution in [3.8, 4) is 5.75 Å². The fraction of sp³-hybridized carbons (Fsp3) is 0.400. The molecule has 2 aromatic rings. The first kappa shape index (κ1) is 21.4. The number of pyridine rings is 1. The Bertz CT molecular complexity index is 830. The maximum Gasteiger partial charge on any atom is 0.418 e. The van der Waals surface area contributed by atoms with E-state index in [0.29, 0.717) is 18.8 Å². The van der Waals surface area contributed by atoms with E-state index in [0.717, 1.165) is 18.1 Å². The van der Waals surface area contributed by atoms with Crippen LogP contribution in [0.5, 0.6) is 5.75 Å². The second-order valence-electron chi connectivity index (χ2n) is 6.65. The number of halogens is 3. The van der Waals surface area contributed by atoms with Crippen molar-refractivity contribution in [2.45, 2.75) is 30.2 Å². The van der Waals surface area contributed by atoms with Gasteiger partial charge in [0.15, 0.2) is 6.61 Å². The van der Waals surface area contributed by atoms with Crippen LogP contribution >= 0.6 is 11.8 Å². The summed E-state index contributed by atoms with van der Waals surface area (Å²) < 4.78 is 44.6. The summed E-state index contributed by atoms with van der Waals surface area (Å²) in [4.78, 5) is 17.9. The van der Waals surface area contributed by atoms with Crippen molar-refractivity contribution in [3.05, 3.63) is 59.4 Å². The van der Waals surface area contributed by atoms with Gasteiger partial charge in [-0.2, -0.15) is 24.9 Å². The van der Waals surface area contributed by atoms with Gasteiger partial charge in [0, 0.05) is 30.3 Å². The third-order valence-electron chi connectivity index (χ3n) is 4.62. The molecule has 1 unspecified atom stereocenters. The Kier molecular flexibility index (Phi) is 7.02. The lowest BCUT2D eigenvalue weighted by atomic mass is 10.2. The number of nitrogens with zero attached hydrogens (tertiary/aromatic N) is 2. The average molecular weight is 426 g/mol. The second-order valence-corrected chi connectivity index (χ2v) is 7.94. The molecule has 2 heterocycles. The molecule has 9 heteroatoms. The molecule has 0 bridgehead atoms. The van der Waals surface area contributed by atoms with Gasteiger partial charge >= 0.3 is 6.18 Å². The lowest BCUT2D eigenvalue weighted by Gasteiger charge is -2.17. The number of benzene rings is 1. The first-order valence-corrected chi connectivity index (χ1v) is 10.1. The number of carbonyl (C=O) groups excluding carboxylic acids is 1. The van der Waals surface area contributed by atoms with Crippen LogP contribution in [0.4, 0.5) is 13.2 Å². The van der Waals surface area contributed by atoms with Crippen LogP contribution in [-0.4, -0.2) is 45.8 Å². The van der Waals surface area contributed by atoms with E-state index in [1.54, 1.807) is 29.2 Å². The number of hydrogen-bond donors (Lipinski definition) is 1. The van der Waals surface area contributed by atoms with Gasteiger partial charge in [0.05, 0.1) is 17.9 Å². The molecule has 0 radical (unpaired) electrons. The van der Waals surface area contributed by atoms with Crippen molar-refractivity contribution in [1.29, 1.82) is 0 Å². The van der Waals surface area contributed by atoms with Crippen molar-refractivity contribution >= 4 is 17.7 Å². The van der Waals surface area contributed by atoms with Crippen LogP contribution in [0, 0.1) is 0 Å². The Morgan fingerprint density at radius 1 is 1.28 bits per heavy atom. The molecule has 1 fully saturated rings. The number of alkyl halides is 3. The van der Waals surface area contributed by atoms with E-state index in [1.165, 1.54) is 24.0 Å². The molecule has 1 atom stereocenters. The number of likely N-dealkylation sites (tertiary alicyclic amines) is 1. The molecule has 29 heavy (non-hydrogen) atoms. The summed E-state index contributed by atoms with van der Waals surface area (Å²) in [5, 5.41) is 9.08. The summed E-state index contributed by atoms with van der Waals surface area (Å²) in [6, 6.07) is 9.13. The van der Waals surface area contributed by atoms with E-state index >= 15 is 0 Å². The first-order valence-electron chi connectivity index (χ1n) is 9.10. The normalized spacial score (nSPS) is 16.8. The molecule has 0 aliphatic carbocycles. The minimum absolute atomic E-state index is 0.0180. The first-order chi connectivity index (χ1) is 13.9. The van der Waals surface area contributed by atoms with Crippen LogP contribution < -0.4 is 4.74 Å². The molecule has 5 nitrogen and oxygen atoms in total. The van der Waals surface area contributed by atoms with Crippen LogP contribution in [0.2, 0.25) is 0 Å². The largest absolute Gasteiger partial charge is 0.484 e. The summed E-state index contributed by atoms with van der Waals surface area (Å²) in [6.07, 6.45) is -2.34. The molecule has 1 aliphatic rings. The lowest BCUT2D eigenvalue weighted by molar-refractivity contribution is -0.138. The van der Waals surface area contributed by atoms with E-state index in [-0.39, 0.29) is 35.8 Å². The number of amides is 1. The topological polar surface area (TPSA) is 62.7 Å². The zero-order chi connectivity index (χ0) is 20.9. The van der Waals surface area contributed by atoms with Gasteiger partial charge in [-0.05, 0) is 36.2 Å². The fourth-order valence-corrected chi connectivity index (χ4v) is 4.21. The molecule has 0 spiro atoms. The third-order valence-corrected chi connectivity index (χ3v) is 5.91. The average Bonchev–Trinajstić information content (AvgIpc) is 3.19. The number of thioether (sulfide) groups is 1. The van der Waals surface area contributed by atoms with E-state index in [9.17, 15) is 18.0 Å². The molecule has 1 aromatic heterocycles. The molecule has 0 saturated carbocycles. The van der Waals surface area contributed by atoms with Gasteiger partial charge in [0.25, 0.3) is 5.91 Å². The van der Waals surface area contributed by atoms with E-state index in [2.05, 4.69) is 4.98 Å². The predicted molar refractivity (Wildman–Crippen MR) is 103 cm³/mol. The lowest BCUT2D eigenvalue weighted by Crippen LogP contribution is -2.33. The Balaban J connectivity index is 1.47. The highest BCUT2D eigenvalue weighted by Gasteiger charge is 2.34. The highest BCUT2D eigenvalue weighted by atomic mass is 32.2. The number of aliphatic hydroxyl groups is 1. The van der Waals surface area contributed by atoms with Crippen LogP contribution in [0.25, 0.3) is 0 Å². The molecular formula is C20H21F3N2O3S. The Labute approximate surface area is 170 Å². The third kappa shape index (κ3) is 5.86. The van der Waals surface area contributed by atoms with Crippen LogP contribution in [-0.2, 0) is 23.3 Å². The number of aliphatic hydroxyl groups excluding tert-OH is 1. The molecule has 1 aromatic carbocycles. The maximum absolute atomic E-state index is 13.1. The van der Waals surface area contributed by atoms with Crippen molar-refractivity contribution in [2.75, 3.05) is 19.7 Å². The van der Waals surface area contributed by atoms with Crippen LogP contribution in [0.15, 0.2) is 42.6 Å². The number of carbonyl (C=O) groups is 1. The zero-order valence-electron chi connectivity index (χ0n) is 15.6. The van der Waals surface area contributed by atoms with Gasteiger partial charge in [0.1, 0.15) is 5.75 Å². The number of rotatable bonds is 7. The van der Waals surface area contributed by atoms with E-state index in [1.807, 2.05) is 0 Å². The highest BCUT2D eigenvalue weighted by Crippen LogP contribution is 2.34.